The summed E-state index contributed by atoms with van der Waals surface area (Å²) in [6, 6.07) is 8.74. The quantitative estimate of drug-likeness (QED) is 0.696. The van der Waals surface area contributed by atoms with Crippen LogP contribution in [0.3, 0.4) is 0 Å². The predicted molar refractivity (Wildman–Crippen MR) is 117 cm³/mol. The molecule has 1 N–H and O–H groups in total. The Morgan fingerprint density at radius 3 is 2.33 bits per heavy atom. The molecule has 1 aromatic carbocycles. The first-order chi connectivity index (χ1) is 14.6. The molecule has 0 aromatic heterocycles. The molecular formula is C24H35N3O3. The maximum atomic E-state index is 13.4. The van der Waals surface area contributed by atoms with Crippen molar-refractivity contribution in [1.82, 2.24) is 15.1 Å². The molecule has 0 radical (unpaired) electrons. The molecule has 0 spiro atoms. The Bertz CT molecular complexity index is 714. The Kier molecular flexibility index (Phi) is 8.29. The first-order valence-corrected chi connectivity index (χ1v) is 11.6. The van der Waals surface area contributed by atoms with Crippen molar-refractivity contribution in [2.45, 2.75) is 76.8 Å². The van der Waals surface area contributed by atoms with E-state index in [2.05, 4.69) is 12.2 Å². The lowest BCUT2D eigenvalue weighted by atomic mass is 9.95. The van der Waals surface area contributed by atoms with E-state index in [9.17, 15) is 14.4 Å². The summed E-state index contributed by atoms with van der Waals surface area (Å²) < 4.78 is 0. The van der Waals surface area contributed by atoms with Gasteiger partial charge >= 0.3 is 11.8 Å². The Hall–Kier alpha value is -2.37. The van der Waals surface area contributed by atoms with Crippen LogP contribution in [0.25, 0.3) is 0 Å². The van der Waals surface area contributed by atoms with Gasteiger partial charge < -0.3 is 15.1 Å². The molecule has 6 heteroatoms. The molecule has 1 saturated carbocycles. The Labute approximate surface area is 180 Å². The van der Waals surface area contributed by atoms with Gasteiger partial charge in [-0.2, -0.15) is 0 Å². The van der Waals surface area contributed by atoms with Crippen molar-refractivity contribution in [1.29, 1.82) is 0 Å². The van der Waals surface area contributed by atoms with Gasteiger partial charge in [0.1, 0.15) is 6.04 Å². The van der Waals surface area contributed by atoms with Crippen LogP contribution in [0.15, 0.2) is 30.3 Å². The van der Waals surface area contributed by atoms with E-state index in [4.69, 9.17) is 0 Å². The van der Waals surface area contributed by atoms with Crippen molar-refractivity contribution in [3.8, 4) is 0 Å². The summed E-state index contributed by atoms with van der Waals surface area (Å²) in [5.74, 6) is -1.23. The Balaban J connectivity index is 1.77. The van der Waals surface area contributed by atoms with Crippen LogP contribution in [-0.2, 0) is 14.4 Å². The number of carbonyl (C=O) groups is 3. The first-order valence-electron chi connectivity index (χ1n) is 11.6. The highest BCUT2D eigenvalue weighted by atomic mass is 16.2. The zero-order valence-electron chi connectivity index (χ0n) is 18.1. The van der Waals surface area contributed by atoms with Gasteiger partial charge in [-0.05, 0) is 24.8 Å². The van der Waals surface area contributed by atoms with Crippen LogP contribution in [0.2, 0.25) is 0 Å². The lowest BCUT2D eigenvalue weighted by molar-refractivity contribution is -0.159. The van der Waals surface area contributed by atoms with E-state index in [-0.39, 0.29) is 11.9 Å². The fourth-order valence-corrected chi connectivity index (χ4v) is 4.49. The number of nitrogens with one attached hydrogen (secondary N) is 1. The normalized spacial score (nSPS) is 19.9. The maximum absolute atomic E-state index is 13.4. The largest absolute Gasteiger partial charge is 0.351 e. The minimum Gasteiger partial charge on any atom is -0.351 e. The lowest BCUT2D eigenvalue weighted by Gasteiger charge is -2.38. The van der Waals surface area contributed by atoms with Gasteiger partial charge in [-0.25, -0.2) is 0 Å². The molecule has 2 fully saturated rings. The van der Waals surface area contributed by atoms with Crippen LogP contribution < -0.4 is 5.32 Å². The molecule has 1 saturated heterocycles. The molecule has 1 aromatic rings. The number of piperazine rings is 1. The molecule has 6 nitrogen and oxygen atoms in total. The smallest absolute Gasteiger partial charge is 0.313 e. The van der Waals surface area contributed by atoms with Crippen molar-refractivity contribution in [2.75, 3.05) is 19.6 Å². The number of amides is 3. The number of hydrogen-bond donors (Lipinski definition) is 1. The van der Waals surface area contributed by atoms with E-state index in [1.165, 1.54) is 24.2 Å². The van der Waals surface area contributed by atoms with Gasteiger partial charge in [0.25, 0.3) is 0 Å². The third kappa shape index (κ3) is 5.61. The zero-order chi connectivity index (χ0) is 21.3. The van der Waals surface area contributed by atoms with Gasteiger partial charge in [-0.1, -0.05) is 75.8 Å². The summed E-state index contributed by atoms with van der Waals surface area (Å²) in [6.07, 6.45) is 9.73. The SMILES string of the molecule is CCCCN1CCN([C@H](C(=O)NC2CCCCCCC2)c2ccccc2)C(=O)C1=O. The molecule has 1 aliphatic heterocycles. The molecule has 0 bridgehead atoms. The monoisotopic (exact) mass is 413 g/mol. The second kappa shape index (κ2) is 11.1. The van der Waals surface area contributed by atoms with Crippen LogP contribution >= 0.6 is 0 Å². The summed E-state index contributed by atoms with van der Waals surface area (Å²) in [7, 11) is 0. The van der Waals surface area contributed by atoms with E-state index in [1.54, 1.807) is 4.90 Å². The van der Waals surface area contributed by atoms with Crippen molar-refractivity contribution in [2.24, 2.45) is 0 Å². The van der Waals surface area contributed by atoms with Gasteiger partial charge in [-0.15, -0.1) is 0 Å². The minimum absolute atomic E-state index is 0.139. The highest BCUT2D eigenvalue weighted by Crippen LogP contribution is 2.25. The molecule has 3 amide bonds. The standard InChI is InChI=1S/C24H35N3O3/c1-2-3-16-26-17-18-27(24(30)23(26)29)21(19-12-8-7-9-13-19)22(28)25-20-14-10-5-4-6-11-15-20/h7-9,12-13,20-21H,2-6,10-11,14-18H2,1H3,(H,25,28)/t21-/m0/s1. The maximum Gasteiger partial charge on any atom is 0.313 e. The fourth-order valence-electron chi connectivity index (χ4n) is 4.49. The van der Waals surface area contributed by atoms with Crippen molar-refractivity contribution >= 4 is 17.7 Å². The highest BCUT2D eigenvalue weighted by molar-refractivity contribution is 6.35. The van der Waals surface area contributed by atoms with E-state index in [1.807, 2.05) is 30.3 Å². The van der Waals surface area contributed by atoms with Crippen LogP contribution in [0.1, 0.15) is 76.3 Å². The van der Waals surface area contributed by atoms with Gasteiger partial charge in [0.15, 0.2) is 0 Å². The number of benzene rings is 1. The highest BCUT2D eigenvalue weighted by Gasteiger charge is 2.40. The van der Waals surface area contributed by atoms with Crippen LogP contribution in [0.5, 0.6) is 0 Å². The van der Waals surface area contributed by atoms with Gasteiger partial charge in [0.05, 0.1) is 0 Å². The van der Waals surface area contributed by atoms with Crippen molar-refractivity contribution in [3.05, 3.63) is 35.9 Å². The van der Waals surface area contributed by atoms with Crippen LogP contribution in [0, 0.1) is 0 Å². The van der Waals surface area contributed by atoms with Crippen LogP contribution in [0.4, 0.5) is 0 Å². The Morgan fingerprint density at radius 1 is 1.00 bits per heavy atom. The molecule has 1 heterocycles. The molecule has 164 valence electrons. The van der Waals surface area contributed by atoms with Crippen LogP contribution in [-0.4, -0.2) is 53.2 Å². The first kappa shape index (κ1) is 22.3. The fraction of sp³-hybridized carbons (Fsp3) is 0.625. The third-order valence-electron chi connectivity index (χ3n) is 6.25. The average molecular weight is 414 g/mol. The summed E-state index contributed by atoms with van der Waals surface area (Å²) in [4.78, 5) is 42.1. The number of hydrogen-bond acceptors (Lipinski definition) is 3. The molecule has 30 heavy (non-hydrogen) atoms. The zero-order valence-corrected chi connectivity index (χ0v) is 18.1. The van der Waals surface area contributed by atoms with Crippen molar-refractivity contribution in [3.63, 3.8) is 0 Å². The average Bonchev–Trinajstić information content (AvgIpc) is 2.73. The topological polar surface area (TPSA) is 69.7 Å². The van der Waals surface area contributed by atoms with E-state index >= 15 is 0 Å². The third-order valence-corrected chi connectivity index (χ3v) is 6.25. The second-order valence-electron chi connectivity index (χ2n) is 8.51. The molecule has 2 aliphatic rings. The number of carbonyl (C=O) groups excluding carboxylic acids is 3. The van der Waals surface area contributed by atoms with E-state index in [0.29, 0.717) is 19.6 Å². The number of nitrogens with zero attached hydrogens (tertiary/aromatic N) is 2. The molecular weight excluding hydrogens is 378 g/mol. The number of unbranched alkanes of at least 4 members (excludes halogenated alkanes) is 1. The molecule has 1 atom stereocenters. The van der Waals surface area contributed by atoms with E-state index in [0.717, 1.165) is 44.1 Å². The molecule has 0 unspecified atom stereocenters. The van der Waals surface area contributed by atoms with Crippen molar-refractivity contribution < 1.29 is 14.4 Å². The van der Waals surface area contributed by atoms with Gasteiger partial charge in [-0.3, -0.25) is 14.4 Å². The minimum atomic E-state index is -0.763. The lowest BCUT2D eigenvalue weighted by Crippen LogP contribution is -2.58. The number of rotatable bonds is 7. The molecule has 3 rings (SSSR count). The Morgan fingerprint density at radius 2 is 1.67 bits per heavy atom. The van der Waals surface area contributed by atoms with Gasteiger partial charge in [0, 0.05) is 25.7 Å². The summed E-state index contributed by atoms with van der Waals surface area (Å²) in [6.45, 7) is 3.52. The predicted octanol–water partition coefficient (Wildman–Crippen LogP) is 3.43. The van der Waals surface area contributed by atoms with E-state index < -0.39 is 17.9 Å². The molecule has 1 aliphatic carbocycles. The van der Waals surface area contributed by atoms with Gasteiger partial charge in [0.2, 0.25) is 5.91 Å². The summed E-state index contributed by atoms with van der Waals surface area (Å²) >= 11 is 0. The summed E-state index contributed by atoms with van der Waals surface area (Å²) in [5.41, 5.74) is 0.754. The summed E-state index contributed by atoms with van der Waals surface area (Å²) in [5, 5.41) is 3.21. The second-order valence-corrected chi connectivity index (χ2v) is 8.51.